The van der Waals surface area contributed by atoms with Gasteiger partial charge in [-0.05, 0) is 51.4 Å². The van der Waals surface area contributed by atoms with Crippen molar-refractivity contribution in [1.29, 1.82) is 0 Å². The highest BCUT2D eigenvalue weighted by molar-refractivity contribution is 5.72. The molecule has 2 aliphatic heterocycles. The van der Waals surface area contributed by atoms with Gasteiger partial charge >= 0.3 is 0 Å². The van der Waals surface area contributed by atoms with Crippen LogP contribution < -0.4 is 0 Å². The van der Waals surface area contributed by atoms with Crippen molar-refractivity contribution < 1.29 is 4.84 Å². The average molecular weight is 335 g/mol. The Morgan fingerprint density at radius 1 is 1.21 bits per heavy atom. The molecule has 5 nitrogen and oxygen atoms in total. The van der Waals surface area contributed by atoms with E-state index in [9.17, 15) is 0 Å². The van der Waals surface area contributed by atoms with Gasteiger partial charge in [0, 0.05) is 44.6 Å². The smallest absolute Gasteiger partial charge is 0.0790 e. The molecule has 24 heavy (non-hydrogen) atoms. The maximum atomic E-state index is 6.00. The minimum atomic E-state index is 0.790. The summed E-state index contributed by atoms with van der Waals surface area (Å²) in [6.45, 7) is 12.5. The predicted molar refractivity (Wildman–Crippen MR) is 101 cm³/mol. The van der Waals surface area contributed by atoms with Crippen LogP contribution in [0.4, 0.5) is 0 Å². The lowest BCUT2D eigenvalue weighted by atomic mass is 10.2. The van der Waals surface area contributed by atoms with Crippen LogP contribution in [-0.2, 0) is 4.84 Å². The predicted octanol–water partition coefficient (Wildman–Crippen LogP) is 2.57. The second-order valence-corrected chi connectivity index (χ2v) is 6.74. The van der Waals surface area contributed by atoms with Crippen LogP contribution in [-0.4, -0.2) is 80.5 Å². The molecule has 0 aromatic rings. The molecule has 5 heteroatoms. The SMILES string of the molecule is CCCN(CCCON1CCCN(C)CC1)C1=C(C)C=CC=NC1. The van der Waals surface area contributed by atoms with E-state index in [0.717, 1.165) is 58.7 Å². The van der Waals surface area contributed by atoms with Crippen LogP contribution in [0, 0.1) is 0 Å². The van der Waals surface area contributed by atoms with Crippen LogP contribution in [0.5, 0.6) is 0 Å². The fraction of sp³-hybridized carbons (Fsp3) is 0.737. The largest absolute Gasteiger partial charge is 0.373 e. The minimum absolute atomic E-state index is 0.790. The van der Waals surface area contributed by atoms with E-state index in [1.54, 1.807) is 0 Å². The molecular formula is C19H34N4O. The third-order valence-corrected chi connectivity index (χ3v) is 4.63. The number of hydrogen-bond donors (Lipinski definition) is 0. The van der Waals surface area contributed by atoms with Gasteiger partial charge in [-0.25, -0.2) is 0 Å². The summed E-state index contributed by atoms with van der Waals surface area (Å²) in [7, 11) is 2.19. The van der Waals surface area contributed by atoms with E-state index < -0.39 is 0 Å². The molecule has 0 spiro atoms. The van der Waals surface area contributed by atoms with Gasteiger partial charge in [-0.15, -0.1) is 0 Å². The first-order valence-electron chi connectivity index (χ1n) is 9.38. The van der Waals surface area contributed by atoms with Crippen molar-refractivity contribution in [3.63, 3.8) is 0 Å². The van der Waals surface area contributed by atoms with Crippen molar-refractivity contribution in [2.45, 2.75) is 33.1 Å². The van der Waals surface area contributed by atoms with Gasteiger partial charge in [-0.1, -0.05) is 13.0 Å². The van der Waals surface area contributed by atoms with Crippen molar-refractivity contribution in [2.24, 2.45) is 4.99 Å². The maximum absolute atomic E-state index is 6.00. The number of hydrogen-bond acceptors (Lipinski definition) is 5. The van der Waals surface area contributed by atoms with E-state index in [1.165, 1.54) is 24.2 Å². The van der Waals surface area contributed by atoms with Gasteiger partial charge in [0.2, 0.25) is 0 Å². The second kappa shape index (κ2) is 10.6. The van der Waals surface area contributed by atoms with E-state index in [1.807, 2.05) is 12.3 Å². The fourth-order valence-electron chi connectivity index (χ4n) is 3.21. The zero-order valence-electron chi connectivity index (χ0n) is 15.7. The average Bonchev–Trinajstić information content (AvgIpc) is 2.91. The van der Waals surface area contributed by atoms with Crippen molar-refractivity contribution >= 4 is 6.21 Å². The zero-order valence-corrected chi connectivity index (χ0v) is 15.7. The van der Waals surface area contributed by atoms with Gasteiger partial charge in [0.25, 0.3) is 0 Å². The van der Waals surface area contributed by atoms with Crippen molar-refractivity contribution in [3.05, 3.63) is 23.4 Å². The molecule has 0 aromatic heterocycles. The first kappa shape index (κ1) is 19.2. The van der Waals surface area contributed by atoms with Crippen LogP contribution in [0.1, 0.15) is 33.1 Å². The number of allylic oxidation sites excluding steroid dienone is 3. The summed E-state index contributed by atoms with van der Waals surface area (Å²) in [6, 6.07) is 0. The molecule has 0 saturated carbocycles. The fourth-order valence-corrected chi connectivity index (χ4v) is 3.21. The molecule has 2 heterocycles. The molecule has 0 amide bonds. The van der Waals surface area contributed by atoms with Crippen LogP contribution in [0.2, 0.25) is 0 Å². The molecule has 0 aliphatic carbocycles. The number of aliphatic imine (C=N–C) groups is 1. The maximum Gasteiger partial charge on any atom is 0.0790 e. The highest BCUT2D eigenvalue weighted by atomic mass is 16.7. The number of rotatable bonds is 8. The minimum Gasteiger partial charge on any atom is -0.373 e. The standard InChI is InChI=1S/C19H34N4O/c1-4-10-22(19-17-20-9-5-8-18(19)2)12-7-16-24-23-13-6-11-21(3)14-15-23/h5,8-9H,4,6-7,10-17H2,1-3H3. The molecular weight excluding hydrogens is 300 g/mol. The quantitative estimate of drug-likeness (QED) is 0.639. The Hall–Kier alpha value is -1.17. The van der Waals surface area contributed by atoms with Gasteiger partial charge in [0.15, 0.2) is 0 Å². The Morgan fingerprint density at radius 3 is 2.92 bits per heavy atom. The lowest BCUT2D eigenvalue weighted by molar-refractivity contribution is -0.157. The first-order valence-corrected chi connectivity index (χ1v) is 9.38. The molecule has 1 fully saturated rings. The van der Waals surface area contributed by atoms with Crippen molar-refractivity contribution in [3.8, 4) is 0 Å². The van der Waals surface area contributed by atoms with Gasteiger partial charge in [-0.2, -0.15) is 5.06 Å². The Labute approximate surface area is 147 Å². The summed E-state index contributed by atoms with van der Waals surface area (Å²) in [5.41, 5.74) is 2.69. The molecule has 1 saturated heterocycles. The summed E-state index contributed by atoms with van der Waals surface area (Å²) in [4.78, 5) is 15.3. The van der Waals surface area contributed by atoms with Gasteiger partial charge in [-0.3, -0.25) is 9.83 Å². The van der Waals surface area contributed by atoms with E-state index in [-0.39, 0.29) is 0 Å². The van der Waals surface area contributed by atoms with Gasteiger partial charge in [0.1, 0.15) is 0 Å². The van der Waals surface area contributed by atoms with E-state index >= 15 is 0 Å². The van der Waals surface area contributed by atoms with Crippen molar-refractivity contribution in [1.82, 2.24) is 14.9 Å². The molecule has 0 atom stereocenters. The molecule has 0 N–H and O–H groups in total. The third-order valence-electron chi connectivity index (χ3n) is 4.63. The van der Waals surface area contributed by atoms with Gasteiger partial charge in [0.05, 0.1) is 13.2 Å². The molecule has 0 unspecified atom stereocenters. The lowest BCUT2D eigenvalue weighted by Gasteiger charge is -2.28. The molecule has 0 radical (unpaired) electrons. The van der Waals surface area contributed by atoms with Crippen LogP contribution >= 0.6 is 0 Å². The Bertz CT molecular complexity index is 458. The third kappa shape index (κ3) is 6.38. The summed E-state index contributed by atoms with van der Waals surface area (Å²) < 4.78 is 0. The summed E-state index contributed by atoms with van der Waals surface area (Å²) in [6.07, 6.45) is 9.50. The lowest BCUT2D eigenvalue weighted by Crippen LogP contribution is -2.31. The Kier molecular flexibility index (Phi) is 8.50. The monoisotopic (exact) mass is 334 g/mol. The highest BCUT2D eigenvalue weighted by Crippen LogP contribution is 2.15. The van der Waals surface area contributed by atoms with E-state index in [0.29, 0.717) is 0 Å². The van der Waals surface area contributed by atoms with Gasteiger partial charge < -0.3 is 9.80 Å². The van der Waals surface area contributed by atoms with Crippen LogP contribution in [0.3, 0.4) is 0 Å². The van der Waals surface area contributed by atoms with Crippen LogP contribution in [0.15, 0.2) is 28.4 Å². The first-order chi connectivity index (χ1) is 11.7. The summed E-state index contributed by atoms with van der Waals surface area (Å²) >= 11 is 0. The molecule has 2 aliphatic rings. The van der Waals surface area contributed by atoms with E-state index in [4.69, 9.17) is 4.84 Å². The van der Waals surface area contributed by atoms with Crippen molar-refractivity contribution in [2.75, 3.05) is 59.5 Å². The van der Waals surface area contributed by atoms with Crippen LogP contribution in [0.25, 0.3) is 0 Å². The summed E-state index contributed by atoms with van der Waals surface area (Å²) in [5.74, 6) is 0. The molecule has 0 bridgehead atoms. The van der Waals surface area contributed by atoms with E-state index in [2.05, 4.69) is 46.8 Å². The Morgan fingerprint density at radius 2 is 2.08 bits per heavy atom. The summed E-state index contributed by atoms with van der Waals surface area (Å²) in [5, 5.41) is 2.15. The highest BCUT2D eigenvalue weighted by Gasteiger charge is 2.14. The number of likely N-dealkylation sites (N-methyl/N-ethyl adjacent to an activating group) is 1. The molecule has 2 rings (SSSR count). The molecule has 0 aromatic carbocycles. The topological polar surface area (TPSA) is 31.3 Å². The number of nitrogens with zero attached hydrogens (tertiary/aromatic N) is 4. The second-order valence-electron chi connectivity index (χ2n) is 6.74. The normalized spacial score (nSPS) is 20.3. The Balaban J connectivity index is 1.77. The zero-order chi connectivity index (χ0) is 17.2. The molecule has 136 valence electrons. The number of hydroxylamine groups is 2.